The molecule has 0 spiro atoms. The number of anilines is 1. The minimum Gasteiger partial charge on any atom is -0.494 e. The summed E-state index contributed by atoms with van der Waals surface area (Å²) in [6.45, 7) is 6.21. The SMILES string of the molecule is CCCOc1ccc([C@H]2[C@H](C(=O)O)[C@@H](c3cc4c(cc3F)OCO4)CN2CC(=O)Nc2c(CC)cc(F)cc2CC)cc1. The maximum absolute atomic E-state index is 15.4. The standard InChI is InChI=1S/C33H36F2N2O6/c1-4-11-41-23-9-7-21(8-10-23)32-30(33(39)40)25(24-14-27-28(15-26(24)35)43-18-42-27)16-37(32)17-29(38)36-31-19(5-2)12-22(34)13-20(31)6-3/h7-10,12-15,25,30,32H,4-6,11,16-18H2,1-3H3,(H,36,38)(H,39,40)/t25-,30-,32+/m1/s1. The zero-order valence-corrected chi connectivity index (χ0v) is 24.5. The van der Waals surface area contributed by atoms with Crippen LogP contribution in [0.2, 0.25) is 0 Å². The van der Waals surface area contributed by atoms with Gasteiger partial charge in [0.2, 0.25) is 12.7 Å². The van der Waals surface area contributed by atoms with E-state index in [2.05, 4.69) is 5.32 Å². The normalized spacial score (nSPS) is 19.4. The molecule has 8 nitrogen and oxygen atoms in total. The van der Waals surface area contributed by atoms with E-state index in [0.717, 1.165) is 6.42 Å². The summed E-state index contributed by atoms with van der Waals surface area (Å²) in [4.78, 5) is 28.2. The minimum atomic E-state index is -1.11. The molecule has 0 unspecified atom stereocenters. The number of nitrogens with one attached hydrogen (secondary N) is 1. The molecule has 3 aromatic rings. The van der Waals surface area contributed by atoms with Crippen LogP contribution in [-0.4, -0.2) is 48.4 Å². The first-order chi connectivity index (χ1) is 20.7. The lowest BCUT2D eigenvalue weighted by Crippen LogP contribution is -2.35. The smallest absolute Gasteiger partial charge is 0.309 e. The Morgan fingerprint density at radius 3 is 2.26 bits per heavy atom. The molecule has 5 rings (SSSR count). The number of aryl methyl sites for hydroxylation is 2. The molecule has 0 saturated carbocycles. The number of aliphatic carboxylic acids is 1. The predicted molar refractivity (Wildman–Crippen MR) is 157 cm³/mol. The topological polar surface area (TPSA) is 97.3 Å². The van der Waals surface area contributed by atoms with E-state index in [-0.39, 0.29) is 42.9 Å². The molecule has 0 radical (unpaired) electrons. The third-order valence-electron chi connectivity index (χ3n) is 8.11. The molecule has 0 bridgehead atoms. The number of ether oxygens (including phenoxy) is 3. The third-order valence-corrected chi connectivity index (χ3v) is 8.11. The fourth-order valence-electron chi connectivity index (χ4n) is 6.11. The number of hydrogen-bond donors (Lipinski definition) is 2. The van der Waals surface area contributed by atoms with Crippen LogP contribution in [0.25, 0.3) is 0 Å². The van der Waals surface area contributed by atoms with Crippen molar-refractivity contribution in [3.63, 3.8) is 0 Å². The van der Waals surface area contributed by atoms with E-state index < -0.39 is 29.7 Å². The highest BCUT2D eigenvalue weighted by atomic mass is 19.1. The molecular weight excluding hydrogens is 558 g/mol. The van der Waals surface area contributed by atoms with Crippen LogP contribution in [0.15, 0.2) is 48.5 Å². The van der Waals surface area contributed by atoms with Crippen molar-refractivity contribution >= 4 is 17.6 Å². The van der Waals surface area contributed by atoms with Gasteiger partial charge >= 0.3 is 5.97 Å². The van der Waals surface area contributed by atoms with Crippen LogP contribution in [0.5, 0.6) is 17.2 Å². The summed E-state index contributed by atoms with van der Waals surface area (Å²) < 4.78 is 46.1. The number of rotatable bonds is 11. The van der Waals surface area contributed by atoms with Crippen LogP contribution in [0, 0.1) is 17.6 Å². The van der Waals surface area contributed by atoms with Crippen molar-refractivity contribution in [2.45, 2.75) is 52.0 Å². The minimum absolute atomic E-state index is 0.0461. The Balaban J connectivity index is 1.50. The van der Waals surface area contributed by atoms with Crippen molar-refractivity contribution in [3.8, 4) is 17.2 Å². The Bertz CT molecular complexity index is 1470. The number of hydrogen-bond acceptors (Lipinski definition) is 6. The maximum Gasteiger partial charge on any atom is 0.309 e. The number of carboxylic acids is 1. The summed E-state index contributed by atoms with van der Waals surface area (Å²) in [7, 11) is 0. The average Bonchev–Trinajstić information content (AvgIpc) is 3.60. The number of fused-ring (bicyclic) bond motifs is 1. The highest BCUT2D eigenvalue weighted by molar-refractivity contribution is 5.94. The van der Waals surface area contributed by atoms with Crippen LogP contribution < -0.4 is 19.5 Å². The molecule has 1 amide bonds. The van der Waals surface area contributed by atoms with Crippen LogP contribution in [-0.2, 0) is 22.4 Å². The second-order valence-electron chi connectivity index (χ2n) is 10.8. The van der Waals surface area contributed by atoms with E-state index in [4.69, 9.17) is 14.2 Å². The summed E-state index contributed by atoms with van der Waals surface area (Å²) in [6, 6.07) is 11.9. The lowest BCUT2D eigenvalue weighted by Gasteiger charge is -2.27. The van der Waals surface area contributed by atoms with Gasteiger partial charge in [-0.1, -0.05) is 32.9 Å². The van der Waals surface area contributed by atoms with Gasteiger partial charge in [-0.3, -0.25) is 14.5 Å². The average molecular weight is 595 g/mol. The van der Waals surface area contributed by atoms with Crippen molar-refractivity contribution in [2.75, 3.05) is 31.8 Å². The van der Waals surface area contributed by atoms with Gasteiger partial charge < -0.3 is 24.6 Å². The van der Waals surface area contributed by atoms with E-state index in [9.17, 15) is 19.1 Å². The molecule has 0 aromatic heterocycles. The first-order valence-electron chi connectivity index (χ1n) is 14.6. The Morgan fingerprint density at radius 2 is 1.65 bits per heavy atom. The number of carbonyl (C=O) groups excluding carboxylic acids is 1. The van der Waals surface area contributed by atoms with Gasteiger partial charge in [-0.2, -0.15) is 0 Å². The van der Waals surface area contributed by atoms with Crippen molar-refractivity contribution in [1.82, 2.24) is 4.90 Å². The molecule has 10 heteroatoms. The van der Waals surface area contributed by atoms with Gasteiger partial charge in [0.15, 0.2) is 11.5 Å². The van der Waals surface area contributed by atoms with E-state index in [1.807, 2.05) is 20.8 Å². The summed E-state index contributed by atoms with van der Waals surface area (Å²) in [5.41, 5.74) is 2.77. The fourth-order valence-corrected chi connectivity index (χ4v) is 6.11. The molecule has 3 atom stereocenters. The number of carbonyl (C=O) groups is 2. The van der Waals surface area contributed by atoms with Crippen LogP contribution in [0.4, 0.5) is 14.5 Å². The molecule has 1 saturated heterocycles. The molecule has 3 aromatic carbocycles. The van der Waals surface area contributed by atoms with Crippen molar-refractivity contribution in [1.29, 1.82) is 0 Å². The van der Waals surface area contributed by atoms with Gasteiger partial charge in [-0.05, 0) is 71.8 Å². The van der Waals surface area contributed by atoms with E-state index in [1.54, 1.807) is 29.2 Å². The van der Waals surface area contributed by atoms with Gasteiger partial charge in [0.05, 0.1) is 19.1 Å². The zero-order valence-electron chi connectivity index (χ0n) is 24.5. The van der Waals surface area contributed by atoms with E-state index >= 15 is 4.39 Å². The Labute approximate surface area is 249 Å². The largest absolute Gasteiger partial charge is 0.494 e. The van der Waals surface area contributed by atoms with Crippen LogP contribution >= 0.6 is 0 Å². The summed E-state index contributed by atoms with van der Waals surface area (Å²) in [5, 5.41) is 13.5. The van der Waals surface area contributed by atoms with Crippen LogP contribution in [0.1, 0.15) is 61.4 Å². The van der Waals surface area contributed by atoms with Crippen molar-refractivity contribution in [3.05, 3.63) is 82.4 Å². The number of nitrogens with zero attached hydrogens (tertiary/aromatic N) is 1. The number of carboxylic acid groups (broad SMARTS) is 1. The molecule has 2 aliphatic rings. The van der Waals surface area contributed by atoms with E-state index in [1.165, 1.54) is 24.3 Å². The quantitative estimate of drug-likeness (QED) is 0.277. The lowest BCUT2D eigenvalue weighted by atomic mass is 9.82. The molecule has 228 valence electrons. The van der Waals surface area contributed by atoms with Gasteiger partial charge in [-0.25, -0.2) is 8.78 Å². The van der Waals surface area contributed by atoms with Gasteiger partial charge in [0, 0.05) is 30.3 Å². The van der Waals surface area contributed by atoms with Gasteiger partial charge in [-0.15, -0.1) is 0 Å². The van der Waals surface area contributed by atoms with Gasteiger partial charge in [0.25, 0.3) is 0 Å². The summed E-state index contributed by atoms with van der Waals surface area (Å²) >= 11 is 0. The molecular formula is C33H36F2N2O6. The highest BCUT2D eigenvalue weighted by Gasteiger charge is 2.49. The Kier molecular flexibility index (Phi) is 9.15. The number of benzene rings is 3. The fraction of sp³-hybridized carbons (Fsp3) is 0.394. The summed E-state index contributed by atoms with van der Waals surface area (Å²) in [5.74, 6) is -3.05. The number of likely N-dealkylation sites (tertiary alicyclic amines) is 1. The molecule has 2 aliphatic heterocycles. The maximum atomic E-state index is 15.4. The second kappa shape index (κ2) is 13.0. The first kappa shape index (κ1) is 30.3. The van der Waals surface area contributed by atoms with Crippen molar-refractivity contribution in [2.24, 2.45) is 5.92 Å². The van der Waals surface area contributed by atoms with Crippen molar-refractivity contribution < 1.29 is 37.7 Å². The monoisotopic (exact) mass is 594 g/mol. The first-order valence-corrected chi connectivity index (χ1v) is 14.6. The zero-order chi connectivity index (χ0) is 30.7. The molecule has 43 heavy (non-hydrogen) atoms. The Morgan fingerprint density at radius 1 is 1.00 bits per heavy atom. The van der Waals surface area contributed by atoms with E-state index in [0.29, 0.717) is 53.3 Å². The number of halogens is 2. The highest BCUT2D eigenvalue weighted by Crippen LogP contribution is 2.48. The molecule has 1 fully saturated rings. The predicted octanol–water partition coefficient (Wildman–Crippen LogP) is 6.09. The van der Waals surface area contributed by atoms with Crippen LogP contribution in [0.3, 0.4) is 0 Å². The Hall–Kier alpha value is -4.18. The second-order valence-corrected chi connectivity index (χ2v) is 10.8. The lowest BCUT2D eigenvalue weighted by molar-refractivity contribution is -0.143. The third kappa shape index (κ3) is 6.29. The van der Waals surface area contributed by atoms with Gasteiger partial charge in [0.1, 0.15) is 17.4 Å². The molecule has 2 heterocycles. The summed E-state index contributed by atoms with van der Waals surface area (Å²) in [6.07, 6.45) is 1.88. The molecule has 2 N–H and O–H groups in total. The number of amides is 1. The molecule has 0 aliphatic carbocycles.